The molecule has 0 bridgehead atoms. The van der Waals surface area contributed by atoms with Crippen molar-refractivity contribution < 1.29 is 0 Å². The number of rotatable bonds is 1. The highest BCUT2D eigenvalue weighted by Gasteiger charge is 2.21. The molecule has 2 aliphatic heterocycles. The molecule has 0 fully saturated rings. The van der Waals surface area contributed by atoms with Gasteiger partial charge in [-0.2, -0.15) is 0 Å². The summed E-state index contributed by atoms with van der Waals surface area (Å²) >= 11 is 1.95. The number of hydrogen-bond donors (Lipinski definition) is 1. The summed E-state index contributed by atoms with van der Waals surface area (Å²) in [4.78, 5) is 6.11. The molecule has 1 unspecified atom stereocenters. The van der Waals surface area contributed by atoms with Crippen LogP contribution in [0.4, 0.5) is 0 Å². The molecule has 2 rings (SSSR count). The van der Waals surface area contributed by atoms with Crippen LogP contribution in [0.15, 0.2) is 15.6 Å². The van der Waals surface area contributed by atoms with Crippen molar-refractivity contribution >= 4 is 17.5 Å². The zero-order chi connectivity index (χ0) is 9.26. The Morgan fingerprint density at radius 3 is 3.23 bits per heavy atom. The van der Waals surface area contributed by atoms with Crippen molar-refractivity contribution in [2.45, 2.75) is 32.7 Å². The molecule has 1 atom stereocenters. The molecule has 0 aliphatic carbocycles. The molecule has 2 aliphatic rings. The Hall–Kier alpha value is -0.280. The maximum absolute atomic E-state index is 4.64. The lowest BCUT2D eigenvalue weighted by Crippen LogP contribution is -2.35. The molecule has 2 nitrogen and oxygen atoms in total. The van der Waals surface area contributed by atoms with Crippen LogP contribution in [0.25, 0.3) is 0 Å². The summed E-state index contributed by atoms with van der Waals surface area (Å²) in [5, 5.41) is 3.53. The average Bonchev–Trinajstić information content (AvgIpc) is 2.16. The fourth-order valence-electron chi connectivity index (χ4n) is 1.74. The molecule has 0 saturated carbocycles. The van der Waals surface area contributed by atoms with Gasteiger partial charge in [0.1, 0.15) is 0 Å². The molecular formula is C10H16N2S. The van der Waals surface area contributed by atoms with Crippen LogP contribution in [-0.2, 0) is 0 Å². The molecule has 0 saturated heterocycles. The summed E-state index contributed by atoms with van der Waals surface area (Å²) < 4.78 is 0. The van der Waals surface area contributed by atoms with Gasteiger partial charge < -0.3 is 5.32 Å². The lowest BCUT2D eigenvalue weighted by atomic mass is 10.1. The van der Waals surface area contributed by atoms with Crippen LogP contribution in [0.5, 0.6) is 0 Å². The summed E-state index contributed by atoms with van der Waals surface area (Å²) in [5.41, 5.74) is 2.62. The van der Waals surface area contributed by atoms with E-state index in [-0.39, 0.29) is 0 Å². The van der Waals surface area contributed by atoms with E-state index in [9.17, 15) is 0 Å². The maximum Gasteiger partial charge on any atom is 0.0526 e. The Morgan fingerprint density at radius 1 is 1.62 bits per heavy atom. The van der Waals surface area contributed by atoms with E-state index in [1.165, 1.54) is 22.7 Å². The Balaban J connectivity index is 2.15. The van der Waals surface area contributed by atoms with Crippen molar-refractivity contribution in [3.63, 3.8) is 0 Å². The van der Waals surface area contributed by atoms with E-state index in [4.69, 9.17) is 0 Å². The average molecular weight is 196 g/mol. The van der Waals surface area contributed by atoms with Gasteiger partial charge in [-0.1, -0.05) is 6.92 Å². The topological polar surface area (TPSA) is 24.4 Å². The van der Waals surface area contributed by atoms with Crippen molar-refractivity contribution in [3.8, 4) is 0 Å². The van der Waals surface area contributed by atoms with Crippen LogP contribution in [0, 0.1) is 0 Å². The van der Waals surface area contributed by atoms with Crippen LogP contribution < -0.4 is 5.32 Å². The van der Waals surface area contributed by atoms with Gasteiger partial charge in [0, 0.05) is 35.4 Å². The summed E-state index contributed by atoms with van der Waals surface area (Å²) in [6.07, 6.45) is 2.33. The zero-order valence-electron chi connectivity index (χ0n) is 8.26. The Labute approximate surface area is 83.9 Å². The van der Waals surface area contributed by atoms with Gasteiger partial charge in [-0.15, -0.1) is 11.8 Å². The second-order valence-electron chi connectivity index (χ2n) is 3.70. The van der Waals surface area contributed by atoms with Crippen LogP contribution in [-0.4, -0.2) is 24.1 Å². The Kier molecular flexibility index (Phi) is 2.74. The number of nitrogens with one attached hydrogen (secondary N) is 1. The third-order valence-electron chi connectivity index (χ3n) is 2.59. The van der Waals surface area contributed by atoms with Crippen molar-refractivity contribution in [1.29, 1.82) is 0 Å². The second-order valence-corrected chi connectivity index (χ2v) is 4.77. The third kappa shape index (κ3) is 1.97. The van der Waals surface area contributed by atoms with E-state index < -0.39 is 0 Å². The highest BCUT2D eigenvalue weighted by molar-refractivity contribution is 8.03. The summed E-state index contributed by atoms with van der Waals surface area (Å²) in [7, 11) is 0. The van der Waals surface area contributed by atoms with E-state index in [1.807, 2.05) is 11.8 Å². The van der Waals surface area contributed by atoms with Gasteiger partial charge in [0.05, 0.1) is 5.70 Å². The Bertz CT molecular complexity index is 268. The van der Waals surface area contributed by atoms with E-state index in [0.29, 0.717) is 6.04 Å². The predicted molar refractivity (Wildman–Crippen MR) is 59.3 cm³/mol. The molecular weight excluding hydrogens is 180 g/mol. The summed E-state index contributed by atoms with van der Waals surface area (Å²) in [6.45, 7) is 5.39. The first-order valence-electron chi connectivity index (χ1n) is 4.92. The quantitative estimate of drug-likeness (QED) is 0.695. The SMILES string of the molecule is CCC1CC2=C(CN1)SCC(C)=N2. The number of nitrogens with zero attached hydrogens (tertiary/aromatic N) is 1. The van der Waals surface area contributed by atoms with Crippen LogP contribution in [0.1, 0.15) is 26.7 Å². The van der Waals surface area contributed by atoms with Crippen molar-refractivity contribution in [3.05, 3.63) is 10.6 Å². The molecule has 13 heavy (non-hydrogen) atoms. The fourth-order valence-corrected chi connectivity index (χ4v) is 2.67. The Morgan fingerprint density at radius 2 is 2.46 bits per heavy atom. The van der Waals surface area contributed by atoms with Gasteiger partial charge in [0.15, 0.2) is 0 Å². The normalized spacial score (nSPS) is 28.5. The van der Waals surface area contributed by atoms with Crippen molar-refractivity contribution in [2.75, 3.05) is 12.3 Å². The largest absolute Gasteiger partial charge is 0.309 e. The number of aliphatic imine (C=N–C) groups is 1. The van der Waals surface area contributed by atoms with Crippen molar-refractivity contribution in [1.82, 2.24) is 5.32 Å². The minimum absolute atomic E-state index is 0.647. The first-order chi connectivity index (χ1) is 6.29. The van der Waals surface area contributed by atoms with E-state index in [1.54, 1.807) is 0 Å². The minimum Gasteiger partial charge on any atom is -0.309 e. The van der Waals surface area contributed by atoms with E-state index in [0.717, 1.165) is 18.7 Å². The van der Waals surface area contributed by atoms with E-state index in [2.05, 4.69) is 24.2 Å². The lowest BCUT2D eigenvalue weighted by Gasteiger charge is -2.28. The highest BCUT2D eigenvalue weighted by atomic mass is 32.2. The fraction of sp³-hybridized carbons (Fsp3) is 0.700. The standard InChI is InChI=1S/C10H16N2S/c1-3-8-4-9-10(5-11-8)13-6-7(2)12-9/h8,11H,3-6H2,1-2H3. The maximum atomic E-state index is 4.64. The first-order valence-corrected chi connectivity index (χ1v) is 5.90. The molecule has 72 valence electrons. The van der Waals surface area contributed by atoms with Gasteiger partial charge in [0.2, 0.25) is 0 Å². The molecule has 2 heterocycles. The van der Waals surface area contributed by atoms with Gasteiger partial charge in [-0.3, -0.25) is 4.99 Å². The van der Waals surface area contributed by atoms with E-state index >= 15 is 0 Å². The van der Waals surface area contributed by atoms with Gasteiger partial charge in [-0.05, 0) is 13.3 Å². The third-order valence-corrected chi connectivity index (χ3v) is 3.88. The van der Waals surface area contributed by atoms with Crippen LogP contribution in [0.3, 0.4) is 0 Å². The van der Waals surface area contributed by atoms with Crippen LogP contribution in [0.2, 0.25) is 0 Å². The minimum atomic E-state index is 0.647. The highest BCUT2D eigenvalue weighted by Crippen LogP contribution is 2.31. The summed E-state index contributed by atoms with van der Waals surface area (Å²) in [5.74, 6) is 1.08. The number of thioether (sulfide) groups is 1. The molecule has 0 amide bonds. The predicted octanol–water partition coefficient (Wildman–Crippen LogP) is 2.18. The molecule has 1 N–H and O–H groups in total. The van der Waals surface area contributed by atoms with Gasteiger partial charge in [0.25, 0.3) is 0 Å². The summed E-state index contributed by atoms with van der Waals surface area (Å²) in [6, 6.07) is 0.647. The van der Waals surface area contributed by atoms with Crippen LogP contribution >= 0.6 is 11.8 Å². The molecule has 3 heteroatoms. The van der Waals surface area contributed by atoms with Gasteiger partial charge in [-0.25, -0.2) is 0 Å². The first kappa shape index (κ1) is 9.28. The molecule has 0 spiro atoms. The molecule has 0 radical (unpaired) electrons. The molecule has 0 aromatic carbocycles. The number of hydrogen-bond acceptors (Lipinski definition) is 3. The molecule has 0 aromatic rings. The lowest BCUT2D eigenvalue weighted by molar-refractivity contribution is 0.494. The zero-order valence-corrected chi connectivity index (χ0v) is 9.08. The van der Waals surface area contributed by atoms with Crippen molar-refractivity contribution in [2.24, 2.45) is 4.99 Å². The molecule has 0 aromatic heterocycles. The second kappa shape index (κ2) is 3.84. The monoisotopic (exact) mass is 196 g/mol. The van der Waals surface area contributed by atoms with Gasteiger partial charge >= 0.3 is 0 Å². The smallest absolute Gasteiger partial charge is 0.0526 e.